The Morgan fingerprint density at radius 2 is 2.00 bits per heavy atom. The van der Waals surface area contributed by atoms with Gasteiger partial charge in [-0.25, -0.2) is 8.78 Å². The molecule has 0 aliphatic carbocycles. The third kappa shape index (κ3) is 3.23. The second-order valence-electron chi connectivity index (χ2n) is 5.43. The summed E-state index contributed by atoms with van der Waals surface area (Å²) in [7, 11) is 0. The Bertz CT molecular complexity index is 813. The monoisotopic (exact) mass is 350 g/mol. The van der Waals surface area contributed by atoms with E-state index >= 15 is 0 Å². The molecule has 1 fully saturated rings. The zero-order valence-corrected chi connectivity index (χ0v) is 13.2. The van der Waals surface area contributed by atoms with Crippen molar-refractivity contribution in [2.24, 2.45) is 5.92 Å². The van der Waals surface area contributed by atoms with Crippen LogP contribution in [0, 0.1) is 17.6 Å². The molecule has 1 aliphatic rings. The predicted octanol–water partition coefficient (Wildman–Crippen LogP) is 3.61. The van der Waals surface area contributed by atoms with Gasteiger partial charge in [-0.1, -0.05) is 17.7 Å². The minimum atomic E-state index is -0.878. The first kappa shape index (κ1) is 16.4. The van der Waals surface area contributed by atoms with E-state index in [1.54, 1.807) is 0 Å². The molecule has 1 heterocycles. The van der Waals surface area contributed by atoms with E-state index in [0.29, 0.717) is 18.7 Å². The van der Waals surface area contributed by atoms with Crippen LogP contribution in [0.4, 0.5) is 20.2 Å². The Morgan fingerprint density at radius 3 is 2.71 bits per heavy atom. The van der Waals surface area contributed by atoms with Crippen LogP contribution in [-0.4, -0.2) is 18.4 Å². The maximum absolute atomic E-state index is 13.2. The fourth-order valence-corrected chi connectivity index (χ4v) is 2.80. The van der Waals surface area contributed by atoms with Crippen LogP contribution in [0.15, 0.2) is 42.5 Å². The van der Waals surface area contributed by atoms with Gasteiger partial charge in [0.25, 0.3) is 0 Å². The highest BCUT2D eigenvalue weighted by Crippen LogP contribution is 2.29. The van der Waals surface area contributed by atoms with Gasteiger partial charge in [0.15, 0.2) is 0 Å². The molecule has 2 amide bonds. The lowest BCUT2D eigenvalue weighted by Crippen LogP contribution is -2.33. The topological polar surface area (TPSA) is 49.4 Å². The van der Waals surface area contributed by atoms with E-state index in [9.17, 15) is 18.4 Å². The summed E-state index contributed by atoms with van der Waals surface area (Å²) in [4.78, 5) is 26.1. The summed E-state index contributed by atoms with van der Waals surface area (Å²) in [6.07, 6.45) is 0.314. The maximum atomic E-state index is 13.2. The van der Waals surface area contributed by atoms with Crippen LogP contribution in [0.3, 0.4) is 0 Å². The van der Waals surface area contributed by atoms with Gasteiger partial charge in [0, 0.05) is 17.9 Å². The molecule has 24 heavy (non-hydrogen) atoms. The summed E-state index contributed by atoms with van der Waals surface area (Å²) < 4.78 is 26.4. The number of hydrogen-bond acceptors (Lipinski definition) is 2. The molecular weight excluding hydrogens is 338 g/mol. The zero-order chi connectivity index (χ0) is 17.3. The number of halogens is 3. The molecule has 124 valence electrons. The van der Waals surface area contributed by atoms with E-state index < -0.39 is 29.4 Å². The second-order valence-corrected chi connectivity index (χ2v) is 5.84. The average Bonchev–Trinajstić information content (AvgIpc) is 2.92. The largest absolute Gasteiger partial charge is 0.325 e. The minimum Gasteiger partial charge on any atom is -0.325 e. The van der Waals surface area contributed by atoms with Crippen molar-refractivity contribution in [1.29, 1.82) is 0 Å². The molecule has 0 saturated carbocycles. The molecule has 0 radical (unpaired) electrons. The molecule has 1 N–H and O–H groups in total. The van der Waals surface area contributed by atoms with Crippen molar-refractivity contribution in [3.63, 3.8) is 0 Å². The molecule has 3 rings (SSSR count). The van der Waals surface area contributed by atoms with Crippen molar-refractivity contribution in [2.75, 3.05) is 16.8 Å². The summed E-state index contributed by atoms with van der Waals surface area (Å²) in [5.74, 6) is -2.83. The Morgan fingerprint density at radius 1 is 1.21 bits per heavy atom. The quantitative estimate of drug-likeness (QED) is 0.860. The number of benzene rings is 2. The molecule has 4 nitrogen and oxygen atoms in total. The molecule has 2 aromatic rings. The zero-order valence-electron chi connectivity index (χ0n) is 12.4. The summed E-state index contributed by atoms with van der Waals surface area (Å²) in [6, 6.07) is 9.40. The van der Waals surface area contributed by atoms with Crippen molar-refractivity contribution in [1.82, 2.24) is 0 Å². The van der Waals surface area contributed by atoms with E-state index in [4.69, 9.17) is 11.6 Å². The van der Waals surface area contributed by atoms with E-state index in [1.165, 1.54) is 47.4 Å². The van der Waals surface area contributed by atoms with E-state index in [2.05, 4.69) is 5.32 Å². The van der Waals surface area contributed by atoms with Crippen molar-refractivity contribution in [3.05, 3.63) is 59.1 Å². The van der Waals surface area contributed by atoms with Crippen LogP contribution in [0.2, 0.25) is 5.02 Å². The number of amides is 2. The normalized spacial score (nSPS) is 17.2. The number of anilines is 2. The number of hydrogen-bond donors (Lipinski definition) is 1. The molecule has 0 aromatic heterocycles. The Hall–Kier alpha value is -2.47. The first-order valence-electron chi connectivity index (χ1n) is 7.28. The third-order valence-corrected chi connectivity index (χ3v) is 4.12. The molecule has 0 bridgehead atoms. The van der Waals surface area contributed by atoms with Gasteiger partial charge < -0.3 is 10.2 Å². The van der Waals surface area contributed by atoms with E-state index in [0.717, 1.165) is 0 Å². The lowest BCUT2D eigenvalue weighted by Gasteiger charge is -2.17. The van der Waals surface area contributed by atoms with Crippen LogP contribution < -0.4 is 10.2 Å². The van der Waals surface area contributed by atoms with Crippen LogP contribution in [0.1, 0.15) is 6.42 Å². The average molecular weight is 351 g/mol. The Labute approximate surface area is 142 Å². The molecule has 1 unspecified atom stereocenters. The fourth-order valence-electron chi connectivity index (χ4n) is 2.63. The molecule has 1 saturated heterocycles. The molecule has 1 aliphatic heterocycles. The molecular formula is C17H13ClF2N2O2. The van der Waals surface area contributed by atoms with Crippen LogP contribution >= 0.6 is 11.6 Å². The number of rotatable bonds is 3. The number of carbonyl (C=O) groups is 2. The minimum absolute atomic E-state index is 0.0898. The van der Waals surface area contributed by atoms with Crippen molar-refractivity contribution < 1.29 is 18.4 Å². The molecule has 7 heteroatoms. The Balaban J connectivity index is 1.73. The summed E-state index contributed by atoms with van der Waals surface area (Å²) in [6.45, 7) is 0.321. The van der Waals surface area contributed by atoms with E-state index in [-0.39, 0.29) is 10.7 Å². The first-order valence-corrected chi connectivity index (χ1v) is 7.66. The highest BCUT2D eigenvalue weighted by molar-refractivity contribution is 6.31. The third-order valence-electron chi connectivity index (χ3n) is 3.83. The summed E-state index contributed by atoms with van der Waals surface area (Å²) in [5, 5.41) is 2.45. The summed E-state index contributed by atoms with van der Waals surface area (Å²) >= 11 is 5.73. The van der Waals surface area contributed by atoms with Crippen LogP contribution in [-0.2, 0) is 9.59 Å². The number of nitrogens with one attached hydrogen (secondary N) is 1. The SMILES string of the molecule is O=C(Nc1cccc(F)c1)C1CCN(c2ccc(F)c(Cl)c2)C1=O. The fraction of sp³-hybridized carbons (Fsp3) is 0.176. The van der Waals surface area contributed by atoms with Gasteiger partial charge in [0.2, 0.25) is 11.8 Å². The lowest BCUT2D eigenvalue weighted by atomic mass is 10.1. The maximum Gasteiger partial charge on any atom is 0.239 e. The smallest absolute Gasteiger partial charge is 0.239 e. The number of carbonyl (C=O) groups excluding carboxylic acids is 2. The highest BCUT2D eigenvalue weighted by Gasteiger charge is 2.37. The van der Waals surface area contributed by atoms with E-state index in [1.807, 2.05) is 0 Å². The Kier molecular flexibility index (Phi) is 4.49. The van der Waals surface area contributed by atoms with Crippen molar-refractivity contribution in [2.45, 2.75) is 6.42 Å². The van der Waals surface area contributed by atoms with Crippen LogP contribution in [0.5, 0.6) is 0 Å². The molecule has 0 spiro atoms. The molecule has 2 aromatic carbocycles. The number of nitrogens with zero attached hydrogens (tertiary/aromatic N) is 1. The first-order chi connectivity index (χ1) is 11.5. The van der Waals surface area contributed by atoms with Crippen molar-refractivity contribution in [3.8, 4) is 0 Å². The van der Waals surface area contributed by atoms with Gasteiger partial charge in [-0.05, 0) is 42.8 Å². The summed E-state index contributed by atoms with van der Waals surface area (Å²) in [5.41, 5.74) is 0.725. The lowest BCUT2D eigenvalue weighted by molar-refractivity contribution is -0.129. The second kappa shape index (κ2) is 6.57. The van der Waals surface area contributed by atoms with Crippen molar-refractivity contribution >= 4 is 34.8 Å². The van der Waals surface area contributed by atoms with Gasteiger partial charge in [0.1, 0.15) is 17.6 Å². The predicted molar refractivity (Wildman–Crippen MR) is 86.9 cm³/mol. The van der Waals surface area contributed by atoms with Gasteiger partial charge in [0.05, 0.1) is 5.02 Å². The standard InChI is InChI=1S/C17H13ClF2N2O2/c18-14-9-12(4-5-15(14)20)22-7-6-13(17(22)24)16(23)21-11-3-1-2-10(19)8-11/h1-5,8-9,13H,6-7H2,(H,21,23). The van der Waals surface area contributed by atoms with Gasteiger partial charge in [-0.15, -0.1) is 0 Å². The van der Waals surface area contributed by atoms with Gasteiger partial charge in [-0.3, -0.25) is 9.59 Å². The van der Waals surface area contributed by atoms with Crippen LogP contribution in [0.25, 0.3) is 0 Å². The highest BCUT2D eigenvalue weighted by atomic mass is 35.5. The molecule has 1 atom stereocenters. The van der Waals surface area contributed by atoms with Gasteiger partial charge >= 0.3 is 0 Å². The van der Waals surface area contributed by atoms with Gasteiger partial charge in [-0.2, -0.15) is 0 Å².